The number of nitrogens with zero attached hydrogens (tertiary/aromatic N) is 1. The summed E-state index contributed by atoms with van der Waals surface area (Å²) in [5.41, 5.74) is -0.0185. The lowest BCUT2D eigenvalue weighted by Crippen LogP contribution is -2.41. The number of ketones is 1. The number of hydrogen-bond acceptors (Lipinski definition) is 4. The first-order valence-corrected chi connectivity index (χ1v) is 10.7. The minimum absolute atomic E-state index is 0.0453. The van der Waals surface area contributed by atoms with E-state index in [4.69, 9.17) is 9.73 Å². The third kappa shape index (κ3) is 3.55. The summed E-state index contributed by atoms with van der Waals surface area (Å²) >= 11 is 4.82. The summed E-state index contributed by atoms with van der Waals surface area (Å²) in [6.07, 6.45) is -0.486. The van der Waals surface area contributed by atoms with Gasteiger partial charge in [0.05, 0.1) is 24.2 Å². The van der Waals surface area contributed by atoms with Crippen LogP contribution in [-0.2, 0) is 10.3 Å². The van der Waals surface area contributed by atoms with E-state index in [1.54, 1.807) is 24.3 Å². The van der Waals surface area contributed by atoms with Crippen LogP contribution >= 0.6 is 27.7 Å². The van der Waals surface area contributed by atoms with Crippen LogP contribution in [-0.4, -0.2) is 36.0 Å². The minimum atomic E-state index is -1.01. The van der Waals surface area contributed by atoms with Crippen LogP contribution < -0.4 is 0 Å². The van der Waals surface area contributed by atoms with Gasteiger partial charge in [-0.1, -0.05) is 46.3 Å². The molecule has 28 heavy (non-hydrogen) atoms. The number of rotatable bonds is 5. The number of thioether (sulfide) groups is 1. The number of carbonyl (C=O) groups excluding carboxylic acids is 1. The lowest BCUT2D eigenvalue weighted by molar-refractivity contribution is 0.0721. The Bertz CT molecular complexity index is 924. The fraction of sp³-hybridized carbons (Fsp3) is 0.333. The molecule has 0 unspecified atom stereocenters. The minimum Gasteiger partial charge on any atom is -0.372 e. The van der Waals surface area contributed by atoms with Crippen molar-refractivity contribution in [3.63, 3.8) is 0 Å². The summed E-state index contributed by atoms with van der Waals surface area (Å²) < 4.78 is 34.7. The van der Waals surface area contributed by atoms with Crippen molar-refractivity contribution >= 4 is 38.5 Å². The summed E-state index contributed by atoms with van der Waals surface area (Å²) in [5, 5.41) is 0.632. The number of alkyl halides is 1. The molecule has 0 amide bonds. The third-order valence-corrected chi connectivity index (χ3v) is 6.88. The molecule has 2 aliphatic rings. The average molecular weight is 466 g/mol. The van der Waals surface area contributed by atoms with Gasteiger partial charge in [-0.25, -0.2) is 8.78 Å². The Balaban J connectivity index is 1.72. The predicted molar refractivity (Wildman–Crippen MR) is 110 cm³/mol. The summed E-state index contributed by atoms with van der Waals surface area (Å²) in [6.45, 7) is -0.542. The van der Waals surface area contributed by atoms with E-state index in [2.05, 4.69) is 15.9 Å². The smallest absolute Gasteiger partial charge is 0.169 e. The zero-order valence-corrected chi connectivity index (χ0v) is 17.3. The Morgan fingerprint density at radius 1 is 1.29 bits per heavy atom. The summed E-state index contributed by atoms with van der Waals surface area (Å²) in [4.78, 5) is 17.4. The lowest BCUT2D eigenvalue weighted by Gasteiger charge is -2.36. The zero-order chi connectivity index (χ0) is 19.7. The maximum absolute atomic E-state index is 14.8. The molecule has 2 aliphatic heterocycles. The van der Waals surface area contributed by atoms with Crippen LogP contribution in [0.5, 0.6) is 0 Å². The van der Waals surface area contributed by atoms with E-state index in [-0.39, 0.29) is 24.7 Å². The van der Waals surface area contributed by atoms with Gasteiger partial charge >= 0.3 is 0 Å². The van der Waals surface area contributed by atoms with E-state index in [1.165, 1.54) is 17.8 Å². The van der Waals surface area contributed by atoms with Crippen LogP contribution in [0.1, 0.15) is 22.3 Å². The highest BCUT2D eigenvalue weighted by Gasteiger charge is 2.54. The molecule has 146 valence electrons. The summed E-state index contributed by atoms with van der Waals surface area (Å²) in [7, 11) is 0. The molecule has 1 fully saturated rings. The normalized spacial score (nSPS) is 26.6. The second-order valence-corrected chi connectivity index (χ2v) is 8.95. The molecule has 0 aliphatic carbocycles. The second-order valence-electron chi connectivity index (χ2n) is 6.94. The van der Waals surface area contributed by atoms with Crippen molar-refractivity contribution in [1.29, 1.82) is 0 Å². The summed E-state index contributed by atoms with van der Waals surface area (Å²) in [5.74, 6) is -0.208. The molecule has 0 spiro atoms. The van der Waals surface area contributed by atoms with Crippen LogP contribution in [0.3, 0.4) is 0 Å². The molecular formula is C21H18BrF2NO2S. The highest BCUT2D eigenvalue weighted by atomic mass is 79.9. The molecule has 2 heterocycles. The van der Waals surface area contributed by atoms with Gasteiger partial charge in [-0.05, 0) is 18.2 Å². The maximum atomic E-state index is 14.8. The van der Waals surface area contributed by atoms with Gasteiger partial charge in [0.2, 0.25) is 0 Å². The van der Waals surface area contributed by atoms with Gasteiger partial charge in [-0.15, -0.1) is 11.8 Å². The van der Waals surface area contributed by atoms with E-state index in [1.807, 2.05) is 18.2 Å². The van der Waals surface area contributed by atoms with E-state index in [0.29, 0.717) is 21.9 Å². The molecular weight excluding hydrogens is 448 g/mol. The average Bonchev–Trinajstić information content (AvgIpc) is 3.09. The Labute approximate surface area is 174 Å². The van der Waals surface area contributed by atoms with E-state index < -0.39 is 24.1 Å². The number of benzene rings is 2. The standard InChI is InChI=1S/C21H18BrF2NO2S/c22-14-6-7-17(24)15(8-14)21-12-27-19(10-23)16(21)11-28-20(25-21)9-18(26)13-4-2-1-3-5-13/h1-8,16,19H,9-12H2/t16-,19-,21-/m1/s1. The van der Waals surface area contributed by atoms with Gasteiger partial charge in [-0.2, -0.15) is 0 Å². The second kappa shape index (κ2) is 8.05. The maximum Gasteiger partial charge on any atom is 0.169 e. The van der Waals surface area contributed by atoms with Crippen LogP contribution in [0.25, 0.3) is 0 Å². The molecule has 0 bridgehead atoms. The number of carbonyl (C=O) groups is 1. The number of fused-ring (bicyclic) bond motifs is 1. The van der Waals surface area contributed by atoms with Crippen LogP contribution in [0, 0.1) is 11.7 Å². The number of aliphatic imine (C=N–C) groups is 1. The summed E-state index contributed by atoms with van der Waals surface area (Å²) in [6, 6.07) is 13.7. The number of hydrogen-bond donors (Lipinski definition) is 0. The topological polar surface area (TPSA) is 38.7 Å². The van der Waals surface area contributed by atoms with Gasteiger partial charge in [0, 0.05) is 27.3 Å². The molecule has 3 nitrogen and oxygen atoms in total. The highest BCUT2D eigenvalue weighted by Crippen LogP contribution is 2.49. The Hall–Kier alpha value is -1.57. The van der Waals surface area contributed by atoms with Gasteiger partial charge in [0.1, 0.15) is 18.0 Å². The predicted octanol–water partition coefficient (Wildman–Crippen LogP) is 5.19. The monoisotopic (exact) mass is 465 g/mol. The Kier molecular flexibility index (Phi) is 5.67. The van der Waals surface area contributed by atoms with E-state index in [9.17, 15) is 13.6 Å². The van der Waals surface area contributed by atoms with Crippen molar-refractivity contribution in [2.24, 2.45) is 10.9 Å². The van der Waals surface area contributed by atoms with Gasteiger partial charge in [0.15, 0.2) is 5.78 Å². The molecule has 1 saturated heterocycles. The zero-order valence-electron chi connectivity index (χ0n) is 14.9. The first-order valence-electron chi connectivity index (χ1n) is 8.96. The lowest BCUT2D eigenvalue weighted by atomic mass is 9.79. The van der Waals surface area contributed by atoms with E-state index in [0.717, 1.165) is 4.47 Å². The van der Waals surface area contributed by atoms with Gasteiger partial charge in [0.25, 0.3) is 0 Å². The Morgan fingerprint density at radius 2 is 2.07 bits per heavy atom. The Morgan fingerprint density at radius 3 is 2.82 bits per heavy atom. The fourth-order valence-electron chi connectivity index (χ4n) is 3.84. The quantitative estimate of drug-likeness (QED) is 0.570. The van der Waals surface area contributed by atoms with Crippen molar-refractivity contribution in [2.75, 3.05) is 19.0 Å². The molecule has 0 aromatic heterocycles. The van der Waals surface area contributed by atoms with Gasteiger partial charge in [-0.3, -0.25) is 9.79 Å². The SMILES string of the molecule is O=C(CC1=N[C@@]2(c3cc(Br)ccc3F)CO[C@H](CF)[C@H]2CS1)c1ccccc1. The first-order chi connectivity index (χ1) is 13.5. The first kappa shape index (κ1) is 19.7. The van der Waals surface area contributed by atoms with E-state index >= 15 is 0 Å². The molecule has 0 saturated carbocycles. The molecule has 0 N–H and O–H groups in total. The molecule has 7 heteroatoms. The van der Waals surface area contributed by atoms with Crippen molar-refractivity contribution < 1.29 is 18.3 Å². The van der Waals surface area contributed by atoms with Crippen molar-refractivity contribution in [3.05, 3.63) is 69.9 Å². The molecule has 4 rings (SSSR count). The van der Waals surface area contributed by atoms with Crippen LogP contribution in [0.2, 0.25) is 0 Å². The van der Waals surface area contributed by atoms with Crippen molar-refractivity contribution in [1.82, 2.24) is 0 Å². The molecule has 3 atom stereocenters. The van der Waals surface area contributed by atoms with Gasteiger partial charge < -0.3 is 4.74 Å². The van der Waals surface area contributed by atoms with Crippen molar-refractivity contribution in [3.8, 4) is 0 Å². The number of Topliss-reactive ketones (excluding diaryl/α,β-unsaturated/α-hetero) is 1. The highest BCUT2D eigenvalue weighted by molar-refractivity contribution is 9.10. The fourth-order valence-corrected chi connectivity index (χ4v) is 5.52. The largest absolute Gasteiger partial charge is 0.372 e. The van der Waals surface area contributed by atoms with Crippen LogP contribution in [0.4, 0.5) is 8.78 Å². The van der Waals surface area contributed by atoms with Crippen LogP contribution in [0.15, 0.2) is 58.0 Å². The number of halogens is 3. The third-order valence-electron chi connectivity index (χ3n) is 5.29. The molecule has 0 radical (unpaired) electrons. The molecule has 2 aromatic carbocycles. The molecule has 2 aromatic rings. The number of ether oxygens (including phenoxy) is 1. The van der Waals surface area contributed by atoms with Crippen molar-refractivity contribution in [2.45, 2.75) is 18.1 Å².